The van der Waals surface area contributed by atoms with E-state index in [0.717, 1.165) is 64.3 Å². The Bertz CT molecular complexity index is 1860. The maximum absolute atomic E-state index is 13.1. The Morgan fingerprint density at radius 1 is 0.857 bits per heavy atom. The second-order valence-electron chi connectivity index (χ2n) is 13.5. The van der Waals surface area contributed by atoms with Crippen LogP contribution in [0.2, 0.25) is 0 Å². The van der Waals surface area contributed by atoms with E-state index in [4.69, 9.17) is 14.5 Å². The van der Waals surface area contributed by atoms with E-state index >= 15 is 0 Å². The summed E-state index contributed by atoms with van der Waals surface area (Å²) in [4.78, 5) is 45.0. The Morgan fingerprint density at radius 3 is 2.08 bits per heavy atom. The van der Waals surface area contributed by atoms with Gasteiger partial charge in [-0.1, -0.05) is 78.9 Å². The minimum Gasteiger partial charge on any atom is -0.445 e. The molecule has 0 unspecified atom stereocenters. The molecule has 2 atom stereocenters. The second kappa shape index (κ2) is 14.4. The normalized spacial score (nSPS) is 15.4. The molecule has 0 bridgehead atoms. The lowest BCUT2D eigenvalue weighted by atomic mass is 10.0. The number of H-pyrrole nitrogens is 2. The van der Waals surface area contributed by atoms with Crippen molar-refractivity contribution < 1.29 is 19.1 Å². The quantitative estimate of drug-likeness (QED) is 0.172. The molecule has 0 radical (unpaired) electrons. The molecule has 3 heterocycles. The molecule has 0 aliphatic carbocycles. The number of hydrogen-bond donors (Lipinski definition) is 2. The maximum atomic E-state index is 13.1. The first-order chi connectivity index (χ1) is 23.6. The van der Waals surface area contributed by atoms with Crippen molar-refractivity contribution >= 4 is 12.2 Å². The van der Waals surface area contributed by atoms with Crippen LogP contribution >= 0.6 is 0 Å². The molecule has 2 aromatic heterocycles. The standard InChI is InChI=1S/C39H44N6O4/c1-26(44(5)37(46)49-39(2,3)4)35-40-23-32(42-35)30-18-14-28(15-19-30)29-16-20-31(21-17-29)33-24-41-36(43-33)34-13-9-10-22-45(34)38(47)48-25-27-11-7-6-8-12-27/h6-8,11-12,14-21,23-24,26,34H,9-10,13,22,25H2,1-5H3,(H,40,42)(H,41,43)/t26-,34-/m0/s1. The fourth-order valence-electron chi connectivity index (χ4n) is 5.94. The van der Waals surface area contributed by atoms with Crippen LogP contribution in [0.4, 0.5) is 9.59 Å². The van der Waals surface area contributed by atoms with Crippen molar-refractivity contribution in [2.75, 3.05) is 13.6 Å². The number of ether oxygens (including phenoxy) is 2. The summed E-state index contributed by atoms with van der Waals surface area (Å²) in [5, 5.41) is 0. The van der Waals surface area contributed by atoms with E-state index in [-0.39, 0.29) is 24.8 Å². The molecular weight excluding hydrogens is 616 g/mol. The van der Waals surface area contributed by atoms with Gasteiger partial charge in [0.05, 0.1) is 35.9 Å². The Labute approximate surface area is 287 Å². The Morgan fingerprint density at radius 2 is 1.45 bits per heavy atom. The van der Waals surface area contributed by atoms with Crippen LogP contribution in [0.1, 0.15) is 76.3 Å². The summed E-state index contributed by atoms with van der Waals surface area (Å²) in [7, 11) is 1.71. The summed E-state index contributed by atoms with van der Waals surface area (Å²) in [6.07, 6.45) is 5.74. The van der Waals surface area contributed by atoms with Crippen molar-refractivity contribution in [3.63, 3.8) is 0 Å². The first kappa shape index (κ1) is 33.5. The van der Waals surface area contributed by atoms with Gasteiger partial charge in [0, 0.05) is 13.6 Å². The monoisotopic (exact) mass is 660 g/mol. The van der Waals surface area contributed by atoms with Crippen molar-refractivity contribution in [1.29, 1.82) is 0 Å². The lowest BCUT2D eigenvalue weighted by molar-refractivity contribution is 0.0227. The van der Waals surface area contributed by atoms with Gasteiger partial charge < -0.3 is 24.3 Å². The smallest absolute Gasteiger partial charge is 0.410 e. The molecule has 10 heteroatoms. The van der Waals surface area contributed by atoms with E-state index in [1.54, 1.807) is 23.0 Å². The second-order valence-corrected chi connectivity index (χ2v) is 13.5. The molecule has 1 aliphatic heterocycles. The van der Waals surface area contributed by atoms with Gasteiger partial charge in [-0.25, -0.2) is 19.6 Å². The summed E-state index contributed by atoms with van der Waals surface area (Å²) in [5.74, 6) is 1.46. The molecule has 1 saturated heterocycles. The number of rotatable bonds is 8. The van der Waals surface area contributed by atoms with Gasteiger partial charge in [-0.3, -0.25) is 4.90 Å². The van der Waals surface area contributed by atoms with E-state index < -0.39 is 11.7 Å². The lowest BCUT2D eigenvalue weighted by Gasteiger charge is -2.33. The van der Waals surface area contributed by atoms with Crippen LogP contribution in [-0.2, 0) is 16.1 Å². The lowest BCUT2D eigenvalue weighted by Crippen LogP contribution is -2.39. The van der Waals surface area contributed by atoms with Gasteiger partial charge in [-0.2, -0.15) is 0 Å². The number of imidazole rings is 2. The number of piperidine rings is 1. The number of aromatic nitrogens is 4. The molecule has 6 rings (SSSR count). The van der Waals surface area contributed by atoms with Crippen molar-refractivity contribution in [2.24, 2.45) is 0 Å². The van der Waals surface area contributed by atoms with Crippen LogP contribution in [0.5, 0.6) is 0 Å². The SMILES string of the molecule is C[C@@H](c1ncc(-c2ccc(-c3ccc(-c4cnc([C@@H]5CCCCN5C(=O)OCc5ccccc5)[nH]4)cc3)cc2)[nH]1)N(C)C(=O)OC(C)(C)C. The van der Waals surface area contributed by atoms with Gasteiger partial charge in [0.25, 0.3) is 0 Å². The highest BCUT2D eigenvalue weighted by Crippen LogP contribution is 2.32. The van der Waals surface area contributed by atoms with Crippen LogP contribution in [0, 0.1) is 0 Å². The molecule has 3 aromatic carbocycles. The average molecular weight is 661 g/mol. The summed E-state index contributed by atoms with van der Waals surface area (Å²) >= 11 is 0. The average Bonchev–Trinajstić information content (AvgIpc) is 3.81. The Kier molecular flexibility index (Phi) is 9.85. The summed E-state index contributed by atoms with van der Waals surface area (Å²) in [5.41, 5.74) is 6.37. The van der Waals surface area contributed by atoms with Crippen LogP contribution in [0.25, 0.3) is 33.6 Å². The Hall–Kier alpha value is -5.38. The van der Waals surface area contributed by atoms with E-state index in [0.29, 0.717) is 12.4 Å². The number of aromatic amines is 2. The minimum atomic E-state index is -0.567. The number of benzene rings is 3. The zero-order chi connectivity index (χ0) is 34.5. The van der Waals surface area contributed by atoms with E-state index in [1.807, 2.05) is 64.2 Å². The molecule has 10 nitrogen and oxygen atoms in total. The van der Waals surface area contributed by atoms with Crippen molar-refractivity contribution in [2.45, 2.75) is 71.2 Å². The number of likely N-dealkylation sites (tertiary alicyclic amines) is 1. The molecule has 0 spiro atoms. The van der Waals surface area contributed by atoms with Crippen LogP contribution < -0.4 is 0 Å². The third kappa shape index (κ3) is 8.02. The topological polar surface area (TPSA) is 116 Å². The van der Waals surface area contributed by atoms with Crippen molar-refractivity contribution in [1.82, 2.24) is 29.7 Å². The van der Waals surface area contributed by atoms with Gasteiger partial charge in [0.15, 0.2) is 0 Å². The molecule has 1 fully saturated rings. The van der Waals surface area contributed by atoms with Crippen LogP contribution in [-0.4, -0.2) is 61.1 Å². The summed E-state index contributed by atoms with van der Waals surface area (Å²) in [6.45, 7) is 8.36. The predicted molar refractivity (Wildman–Crippen MR) is 189 cm³/mol. The number of amides is 2. The first-order valence-electron chi connectivity index (χ1n) is 16.8. The van der Waals surface area contributed by atoms with E-state index in [9.17, 15) is 9.59 Å². The number of nitrogens with one attached hydrogen (secondary N) is 2. The molecule has 2 N–H and O–H groups in total. The third-order valence-electron chi connectivity index (χ3n) is 8.83. The predicted octanol–water partition coefficient (Wildman–Crippen LogP) is 8.93. The van der Waals surface area contributed by atoms with Gasteiger partial charge >= 0.3 is 12.2 Å². The fourth-order valence-corrected chi connectivity index (χ4v) is 5.94. The van der Waals surface area contributed by atoms with Gasteiger partial charge in [-0.05, 0) is 74.8 Å². The number of carbonyl (C=O) groups is 2. The number of nitrogens with zero attached hydrogens (tertiary/aromatic N) is 4. The van der Waals surface area contributed by atoms with E-state index in [2.05, 4.69) is 63.5 Å². The molecule has 1 aliphatic rings. The largest absolute Gasteiger partial charge is 0.445 e. The highest BCUT2D eigenvalue weighted by atomic mass is 16.6. The molecule has 49 heavy (non-hydrogen) atoms. The zero-order valence-corrected chi connectivity index (χ0v) is 28.8. The van der Waals surface area contributed by atoms with Gasteiger partial charge in [0.1, 0.15) is 23.9 Å². The van der Waals surface area contributed by atoms with Crippen molar-refractivity contribution in [3.05, 3.63) is 108 Å². The molecule has 254 valence electrons. The summed E-state index contributed by atoms with van der Waals surface area (Å²) < 4.78 is 11.2. The Balaban J connectivity index is 1.09. The van der Waals surface area contributed by atoms with Crippen LogP contribution in [0.3, 0.4) is 0 Å². The van der Waals surface area contributed by atoms with Crippen LogP contribution in [0.15, 0.2) is 91.3 Å². The third-order valence-corrected chi connectivity index (χ3v) is 8.83. The zero-order valence-electron chi connectivity index (χ0n) is 28.8. The number of hydrogen-bond acceptors (Lipinski definition) is 6. The first-order valence-corrected chi connectivity index (χ1v) is 16.8. The summed E-state index contributed by atoms with van der Waals surface area (Å²) in [6, 6.07) is 26.0. The van der Waals surface area contributed by atoms with E-state index in [1.165, 1.54) is 0 Å². The van der Waals surface area contributed by atoms with Gasteiger partial charge in [-0.15, -0.1) is 0 Å². The maximum Gasteiger partial charge on any atom is 0.410 e. The molecule has 5 aromatic rings. The highest BCUT2D eigenvalue weighted by molar-refractivity contribution is 5.72. The molecule has 0 saturated carbocycles. The fraction of sp³-hybridized carbons (Fsp3) is 0.333. The number of carbonyl (C=O) groups excluding carboxylic acids is 2. The molecule has 2 amide bonds. The molecular formula is C39H44N6O4. The minimum absolute atomic E-state index is 0.149. The van der Waals surface area contributed by atoms with Gasteiger partial charge in [0.2, 0.25) is 0 Å². The van der Waals surface area contributed by atoms with Crippen molar-refractivity contribution in [3.8, 4) is 33.6 Å². The highest BCUT2D eigenvalue weighted by Gasteiger charge is 2.31.